The van der Waals surface area contributed by atoms with Crippen molar-refractivity contribution < 1.29 is 9.63 Å². The third kappa shape index (κ3) is 3.34. The molecule has 1 aromatic carbocycles. The van der Waals surface area contributed by atoms with E-state index in [-0.39, 0.29) is 18.1 Å². The smallest absolute Gasteiger partial charge is 0.269 e. The number of rotatable bonds is 5. The van der Waals surface area contributed by atoms with Crippen LogP contribution in [0.25, 0.3) is 0 Å². The van der Waals surface area contributed by atoms with Gasteiger partial charge in [-0.25, -0.2) is 0 Å². The van der Waals surface area contributed by atoms with E-state index in [1.165, 1.54) is 0 Å². The Morgan fingerprint density at radius 2 is 2.05 bits per heavy atom. The van der Waals surface area contributed by atoms with Crippen molar-refractivity contribution in [2.75, 3.05) is 0 Å². The monoisotopic (exact) mass is 260 g/mol. The minimum absolute atomic E-state index is 0.105. The van der Waals surface area contributed by atoms with E-state index in [9.17, 15) is 4.79 Å². The van der Waals surface area contributed by atoms with Crippen LogP contribution in [0.3, 0.4) is 0 Å². The molecular formula is C15H20N2O2. The average molecular weight is 260 g/mol. The van der Waals surface area contributed by atoms with Crippen LogP contribution in [0.2, 0.25) is 0 Å². The number of nitrogens with zero attached hydrogens (tertiary/aromatic N) is 1. The molecule has 0 bridgehead atoms. The first-order valence-electron chi connectivity index (χ1n) is 6.83. The molecule has 4 nitrogen and oxygen atoms in total. The summed E-state index contributed by atoms with van der Waals surface area (Å²) in [6, 6.07) is 10.1. The summed E-state index contributed by atoms with van der Waals surface area (Å²) < 4.78 is 0. The summed E-state index contributed by atoms with van der Waals surface area (Å²) in [5.74, 6) is -0.105. The average Bonchev–Trinajstić information content (AvgIpc) is 2.95. The quantitative estimate of drug-likeness (QED) is 0.885. The first-order chi connectivity index (χ1) is 9.24. The first kappa shape index (κ1) is 13.6. The molecule has 1 aromatic rings. The van der Waals surface area contributed by atoms with Crippen molar-refractivity contribution in [3.63, 3.8) is 0 Å². The van der Waals surface area contributed by atoms with Crippen molar-refractivity contribution in [3.05, 3.63) is 35.9 Å². The SMILES string of the molecule is CCC(CC)NC(=O)C1=NO[C@@H](c2ccccc2)C1. The van der Waals surface area contributed by atoms with E-state index in [1.807, 2.05) is 30.3 Å². The molecule has 2 rings (SSSR count). The molecule has 0 unspecified atom stereocenters. The third-order valence-corrected chi connectivity index (χ3v) is 3.42. The number of nitrogens with one attached hydrogen (secondary N) is 1. The fourth-order valence-corrected chi connectivity index (χ4v) is 2.12. The van der Waals surface area contributed by atoms with Gasteiger partial charge in [-0.05, 0) is 18.4 Å². The van der Waals surface area contributed by atoms with E-state index >= 15 is 0 Å². The molecule has 19 heavy (non-hydrogen) atoms. The molecule has 0 spiro atoms. The highest BCUT2D eigenvalue weighted by Gasteiger charge is 2.27. The summed E-state index contributed by atoms with van der Waals surface area (Å²) in [4.78, 5) is 17.4. The summed E-state index contributed by atoms with van der Waals surface area (Å²) in [6.45, 7) is 4.13. The highest BCUT2D eigenvalue weighted by molar-refractivity contribution is 6.39. The lowest BCUT2D eigenvalue weighted by Crippen LogP contribution is -2.38. The Morgan fingerprint density at radius 1 is 1.37 bits per heavy atom. The lowest BCUT2D eigenvalue weighted by atomic mass is 10.0. The van der Waals surface area contributed by atoms with Crippen LogP contribution in [-0.2, 0) is 9.63 Å². The lowest BCUT2D eigenvalue weighted by molar-refractivity contribution is -0.115. The molecule has 1 aliphatic rings. The van der Waals surface area contributed by atoms with Gasteiger partial charge < -0.3 is 10.2 Å². The fourth-order valence-electron chi connectivity index (χ4n) is 2.12. The van der Waals surface area contributed by atoms with Gasteiger partial charge in [-0.2, -0.15) is 0 Å². The molecule has 0 saturated heterocycles. The second-order valence-electron chi connectivity index (χ2n) is 4.73. The van der Waals surface area contributed by atoms with Gasteiger partial charge in [0.2, 0.25) is 0 Å². The van der Waals surface area contributed by atoms with Crippen LogP contribution in [-0.4, -0.2) is 17.7 Å². The van der Waals surface area contributed by atoms with Gasteiger partial charge in [0, 0.05) is 12.5 Å². The summed E-state index contributed by atoms with van der Waals surface area (Å²) in [7, 11) is 0. The van der Waals surface area contributed by atoms with Crippen molar-refractivity contribution >= 4 is 11.6 Å². The van der Waals surface area contributed by atoms with E-state index in [0.29, 0.717) is 12.1 Å². The number of oxime groups is 1. The highest BCUT2D eigenvalue weighted by Crippen LogP contribution is 2.26. The molecule has 0 aromatic heterocycles. The van der Waals surface area contributed by atoms with Gasteiger partial charge in [0.25, 0.3) is 5.91 Å². The molecule has 0 aliphatic carbocycles. The van der Waals surface area contributed by atoms with E-state index in [4.69, 9.17) is 4.84 Å². The third-order valence-electron chi connectivity index (χ3n) is 3.42. The zero-order chi connectivity index (χ0) is 13.7. The molecule has 4 heteroatoms. The Labute approximate surface area is 113 Å². The topological polar surface area (TPSA) is 50.7 Å². The van der Waals surface area contributed by atoms with Crippen molar-refractivity contribution in [1.29, 1.82) is 0 Å². The summed E-state index contributed by atoms with van der Waals surface area (Å²) in [5, 5.41) is 6.90. The van der Waals surface area contributed by atoms with Gasteiger partial charge in [-0.3, -0.25) is 4.79 Å². The zero-order valence-corrected chi connectivity index (χ0v) is 11.4. The van der Waals surface area contributed by atoms with E-state index < -0.39 is 0 Å². The Hall–Kier alpha value is -1.84. The molecule has 0 saturated carbocycles. The Kier molecular flexibility index (Phi) is 4.55. The molecule has 1 atom stereocenters. The molecule has 1 N–H and O–H groups in total. The maximum absolute atomic E-state index is 12.0. The minimum atomic E-state index is -0.136. The largest absolute Gasteiger partial charge is 0.387 e. The number of benzene rings is 1. The standard InChI is InChI=1S/C15H20N2O2/c1-3-12(4-2)16-15(18)13-10-14(19-17-13)11-8-6-5-7-9-11/h5-9,12,14H,3-4,10H2,1-2H3,(H,16,18)/t14-/m1/s1. The predicted octanol–water partition coefficient (Wildman–Crippen LogP) is 2.81. The number of amides is 1. The van der Waals surface area contributed by atoms with Gasteiger partial charge in [0.15, 0.2) is 6.10 Å². The molecule has 102 valence electrons. The van der Waals surface area contributed by atoms with Crippen LogP contribution in [0, 0.1) is 0 Å². The number of hydrogen-bond acceptors (Lipinski definition) is 3. The van der Waals surface area contributed by atoms with E-state index in [2.05, 4.69) is 24.3 Å². The van der Waals surface area contributed by atoms with Crippen LogP contribution >= 0.6 is 0 Å². The number of carbonyl (C=O) groups excluding carboxylic acids is 1. The maximum Gasteiger partial charge on any atom is 0.269 e. The molecule has 1 amide bonds. The first-order valence-corrected chi connectivity index (χ1v) is 6.83. The van der Waals surface area contributed by atoms with Crippen LogP contribution in [0.1, 0.15) is 44.8 Å². The zero-order valence-electron chi connectivity index (χ0n) is 11.4. The van der Waals surface area contributed by atoms with Gasteiger partial charge in [-0.1, -0.05) is 49.3 Å². The highest BCUT2D eigenvalue weighted by atomic mass is 16.6. The second-order valence-corrected chi connectivity index (χ2v) is 4.73. The normalized spacial score (nSPS) is 18.1. The molecular weight excluding hydrogens is 240 g/mol. The summed E-state index contributed by atoms with van der Waals surface area (Å²) in [5.41, 5.74) is 1.54. The Balaban J connectivity index is 1.93. The predicted molar refractivity (Wildman–Crippen MR) is 74.8 cm³/mol. The fraction of sp³-hybridized carbons (Fsp3) is 0.467. The van der Waals surface area contributed by atoms with Crippen LogP contribution < -0.4 is 5.32 Å². The van der Waals surface area contributed by atoms with Crippen molar-refractivity contribution in [2.45, 2.75) is 45.3 Å². The maximum atomic E-state index is 12.0. The number of carbonyl (C=O) groups is 1. The van der Waals surface area contributed by atoms with Gasteiger partial charge in [-0.15, -0.1) is 0 Å². The Morgan fingerprint density at radius 3 is 2.68 bits per heavy atom. The van der Waals surface area contributed by atoms with Gasteiger partial charge in [0.05, 0.1) is 0 Å². The molecule has 1 aliphatic heterocycles. The second kappa shape index (κ2) is 6.36. The van der Waals surface area contributed by atoms with Gasteiger partial charge in [0.1, 0.15) is 5.71 Å². The van der Waals surface area contributed by atoms with Crippen molar-refractivity contribution in [2.24, 2.45) is 5.16 Å². The Bertz CT molecular complexity index is 452. The van der Waals surface area contributed by atoms with E-state index in [0.717, 1.165) is 18.4 Å². The summed E-state index contributed by atoms with van der Waals surface area (Å²) in [6.07, 6.45) is 2.26. The molecule has 0 fully saturated rings. The molecule has 0 radical (unpaired) electrons. The van der Waals surface area contributed by atoms with Crippen molar-refractivity contribution in [3.8, 4) is 0 Å². The molecule has 1 heterocycles. The van der Waals surface area contributed by atoms with Gasteiger partial charge >= 0.3 is 0 Å². The van der Waals surface area contributed by atoms with Crippen molar-refractivity contribution in [1.82, 2.24) is 5.32 Å². The minimum Gasteiger partial charge on any atom is -0.387 e. The summed E-state index contributed by atoms with van der Waals surface area (Å²) >= 11 is 0. The lowest BCUT2D eigenvalue weighted by Gasteiger charge is -2.14. The van der Waals surface area contributed by atoms with Crippen LogP contribution in [0.4, 0.5) is 0 Å². The van der Waals surface area contributed by atoms with Crippen LogP contribution in [0.15, 0.2) is 35.5 Å². The van der Waals surface area contributed by atoms with E-state index in [1.54, 1.807) is 0 Å². The van der Waals surface area contributed by atoms with Crippen LogP contribution in [0.5, 0.6) is 0 Å². The number of hydrogen-bond donors (Lipinski definition) is 1.